The summed E-state index contributed by atoms with van der Waals surface area (Å²) in [6.45, 7) is 1.83. The quantitative estimate of drug-likeness (QED) is 0.622. The Kier molecular flexibility index (Phi) is 6.03. The van der Waals surface area contributed by atoms with Crippen molar-refractivity contribution in [2.75, 3.05) is 6.54 Å². The van der Waals surface area contributed by atoms with Gasteiger partial charge in [0.1, 0.15) is 5.76 Å². The van der Waals surface area contributed by atoms with Gasteiger partial charge in [0.25, 0.3) is 0 Å². The zero-order valence-electron chi connectivity index (χ0n) is 14.8. The highest BCUT2D eigenvalue weighted by Gasteiger charge is 2.20. The molecule has 0 aliphatic rings. The van der Waals surface area contributed by atoms with Crippen LogP contribution >= 0.6 is 11.3 Å². The van der Waals surface area contributed by atoms with Crippen molar-refractivity contribution in [1.82, 2.24) is 10.3 Å². The maximum absolute atomic E-state index is 12.3. The number of aliphatic carboxylic acids is 1. The van der Waals surface area contributed by atoms with Crippen LogP contribution in [-0.4, -0.2) is 28.5 Å². The number of nitrogens with one attached hydrogen (secondary N) is 1. The lowest BCUT2D eigenvalue weighted by Gasteiger charge is -2.13. The lowest BCUT2D eigenvalue weighted by molar-refractivity contribution is -0.141. The molecule has 1 amide bonds. The summed E-state index contributed by atoms with van der Waals surface area (Å²) in [6.07, 6.45) is 0.416. The van der Waals surface area contributed by atoms with Crippen LogP contribution in [0.4, 0.5) is 0 Å². The first kappa shape index (κ1) is 18.8. The number of carboxylic acid groups (broad SMARTS) is 1. The van der Waals surface area contributed by atoms with E-state index in [9.17, 15) is 14.7 Å². The summed E-state index contributed by atoms with van der Waals surface area (Å²) in [5, 5.41) is 16.0. The van der Waals surface area contributed by atoms with Crippen molar-refractivity contribution in [3.8, 4) is 11.5 Å². The van der Waals surface area contributed by atoms with E-state index in [1.165, 1.54) is 0 Å². The number of aryl methyl sites for hydroxylation is 1. The van der Waals surface area contributed by atoms with E-state index in [0.717, 1.165) is 11.1 Å². The van der Waals surface area contributed by atoms with Crippen molar-refractivity contribution in [1.29, 1.82) is 0 Å². The van der Waals surface area contributed by atoms with Gasteiger partial charge in [-0.1, -0.05) is 30.3 Å². The van der Waals surface area contributed by atoms with Gasteiger partial charge in [-0.25, -0.2) is 4.98 Å². The van der Waals surface area contributed by atoms with E-state index in [2.05, 4.69) is 10.3 Å². The zero-order valence-corrected chi connectivity index (χ0v) is 15.7. The second kappa shape index (κ2) is 8.64. The normalized spacial score (nSPS) is 11.9. The Hall–Kier alpha value is -2.93. The second-order valence-electron chi connectivity index (χ2n) is 6.24. The van der Waals surface area contributed by atoms with E-state index in [0.29, 0.717) is 23.8 Å². The molecule has 0 aliphatic heterocycles. The molecule has 0 bridgehead atoms. The van der Waals surface area contributed by atoms with Crippen LogP contribution in [0.5, 0.6) is 0 Å². The monoisotopic (exact) mass is 384 g/mol. The Morgan fingerprint density at radius 3 is 2.70 bits per heavy atom. The predicted molar refractivity (Wildman–Crippen MR) is 103 cm³/mol. The minimum atomic E-state index is -0.934. The molecule has 0 radical (unpaired) electrons. The minimum absolute atomic E-state index is 0.0527. The molecule has 2 aromatic heterocycles. The molecule has 27 heavy (non-hydrogen) atoms. The molecule has 140 valence electrons. The number of hydrogen-bond acceptors (Lipinski definition) is 5. The highest BCUT2D eigenvalue weighted by Crippen LogP contribution is 2.24. The maximum atomic E-state index is 12.3. The summed E-state index contributed by atoms with van der Waals surface area (Å²) in [5.74, 6) is -0.815. The van der Waals surface area contributed by atoms with Crippen molar-refractivity contribution in [3.05, 3.63) is 64.2 Å². The first-order chi connectivity index (χ1) is 13.0. The number of oxazole rings is 1. The van der Waals surface area contributed by atoms with Crippen molar-refractivity contribution in [2.24, 2.45) is 5.92 Å². The van der Waals surface area contributed by atoms with Gasteiger partial charge >= 0.3 is 5.97 Å². The van der Waals surface area contributed by atoms with Gasteiger partial charge in [-0.05, 0) is 30.4 Å². The molecular formula is C20H20N2O4S. The number of carboxylic acids is 1. The minimum Gasteiger partial charge on any atom is -0.481 e. The summed E-state index contributed by atoms with van der Waals surface area (Å²) in [5.41, 5.74) is 2.36. The molecule has 2 heterocycles. The molecule has 3 aromatic rings. The van der Waals surface area contributed by atoms with Gasteiger partial charge in [-0.15, -0.1) is 0 Å². The first-order valence-electron chi connectivity index (χ1n) is 8.55. The molecule has 6 nitrogen and oxygen atoms in total. The van der Waals surface area contributed by atoms with Gasteiger partial charge in [-0.2, -0.15) is 11.3 Å². The van der Waals surface area contributed by atoms with Gasteiger partial charge in [-0.3, -0.25) is 9.59 Å². The smallest absolute Gasteiger partial charge is 0.308 e. The Labute approximate surface area is 160 Å². The predicted octanol–water partition coefficient (Wildman–Crippen LogP) is 3.31. The van der Waals surface area contributed by atoms with E-state index < -0.39 is 11.9 Å². The lowest BCUT2D eigenvalue weighted by atomic mass is 9.99. The third kappa shape index (κ3) is 5.04. The molecule has 0 aliphatic carbocycles. The molecule has 0 saturated carbocycles. The first-order valence-corrected chi connectivity index (χ1v) is 9.49. The fourth-order valence-electron chi connectivity index (χ4n) is 2.70. The van der Waals surface area contributed by atoms with Crippen LogP contribution in [0.2, 0.25) is 0 Å². The molecule has 1 atom stereocenters. The van der Waals surface area contributed by atoms with Crippen LogP contribution in [-0.2, 0) is 22.4 Å². The Balaban J connectivity index is 1.57. The van der Waals surface area contributed by atoms with Crippen molar-refractivity contribution in [2.45, 2.75) is 19.8 Å². The molecule has 0 spiro atoms. The van der Waals surface area contributed by atoms with Crippen LogP contribution in [0.15, 0.2) is 51.6 Å². The summed E-state index contributed by atoms with van der Waals surface area (Å²) in [7, 11) is 0. The van der Waals surface area contributed by atoms with Gasteiger partial charge < -0.3 is 14.8 Å². The molecule has 0 fully saturated rings. The average Bonchev–Trinajstić information content (AvgIpc) is 3.30. The van der Waals surface area contributed by atoms with Gasteiger partial charge in [0.05, 0.1) is 18.0 Å². The third-order valence-corrected chi connectivity index (χ3v) is 4.89. The Morgan fingerprint density at radius 1 is 1.26 bits per heavy atom. The number of nitrogens with zero attached hydrogens (tertiary/aromatic N) is 1. The van der Waals surface area contributed by atoms with Gasteiger partial charge in [0.2, 0.25) is 11.8 Å². The van der Waals surface area contributed by atoms with Crippen LogP contribution in [0.1, 0.15) is 17.0 Å². The molecular weight excluding hydrogens is 364 g/mol. The fourth-order valence-corrected chi connectivity index (χ4v) is 3.33. The van der Waals surface area contributed by atoms with Crippen molar-refractivity contribution < 1.29 is 19.1 Å². The number of carbonyl (C=O) groups is 2. The van der Waals surface area contributed by atoms with Gasteiger partial charge in [0.15, 0.2) is 0 Å². The SMILES string of the molecule is Cc1oc(-c2ccsc2)nc1CC(=O)NCC(Cc1ccccc1)C(=O)O. The third-order valence-electron chi connectivity index (χ3n) is 4.21. The molecule has 3 rings (SSSR count). The second-order valence-corrected chi connectivity index (χ2v) is 7.02. The van der Waals surface area contributed by atoms with Crippen LogP contribution in [0.25, 0.3) is 11.5 Å². The summed E-state index contributed by atoms with van der Waals surface area (Å²) in [4.78, 5) is 28.1. The molecule has 1 aromatic carbocycles. The highest BCUT2D eigenvalue weighted by molar-refractivity contribution is 7.08. The van der Waals surface area contributed by atoms with E-state index in [-0.39, 0.29) is 18.9 Å². The molecule has 1 unspecified atom stereocenters. The highest BCUT2D eigenvalue weighted by atomic mass is 32.1. The Morgan fingerprint density at radius 2 is 2.04 bits per heavy atom. The number of benzene rings is 1. The maximum Gasteiger partial charge on any atom is 0.308 e. The largest absolute Gasteiger partial charge is 0.481 e. The van der Waals surface area contributed by atoms with E-state index in [4.69, 9.17) is 4.42 Å². The number of hydrogen-bond donors (Lipinski definition) is 2. The van der Waals surface area contributed by atoms with Crippen LogP contribution in [0, 0.1) is 12.8 Å². The topological polar surface area (TPSA) is 92.4 Å². The van der Waals surface area contributed by atoms with Crippen molar-refractivity contribution >= 4 is 23.2 Å². The van der Waals surface area contributed by atoms with Crippen LogP contribution < -0.4 is 5.32 Å². The summed E-state index contributed by atoms with van der Waals surface area (Å²) >= 11 is 1.54. The summed E-state index contributed by atoms with van der Waals surface area (Å²) < 4.78 is 5.62. The fraction of sp³-hybridized carbons (Fsp3) is 0.250. The lowest BCUT2D eigenvalue weighted by Crippen LogP contribution is -2.35. The molecule has 2 N–H and O–H groups in total. The number of amides is 1. The molecule has 0 saturated heterocycles. The van der Waals surface area contributed by atoms with E-state index in [1.807, 2.05) is 47.2 Å². The summed E-state index contributed by atoms with van der Waals surface area (Å²) in [6, 6.07) is 11.3. The number of carbonyl (C=O) groups excluding carboxylic acids is 1. The van der Waals surface area contributed by atoms with E-state index >= 15 is 0 Å². The van der Waals surface area contributed by atoms with Crippen molar-refractivity contribution in [3.63, 3.8) is 0 Å². The van der Waals surface area contributed by atoms with E-state index in [1.54, 1.807) is 18.3 Å². The number of thiophene rings is 1. The number of aromatic nitrogens is 1. The standard InChI is InChI=1S/C20H20N2O4S/c1-13-17(22-19(26-13)15-7-8-27-12-15)10-18(23)21-11-16(20(24)25)9-14-5-3-2-4-6-14/h2-8,12,16H,9-11H2,1H3,(H,21,23)(H,24,25). The zero-order chi connectivity index (χ0) is 19.2. The van der Waals surface area contributed by atoms with Crippen LogP contribution in [0.3, 0.4) is 0 Å². The molecule has 7 heteroatoms. The average molecular weight is 384 g/mol. The van der Waals surface area contributed by atoms with Gasteiger partial charge in [0, 0.05) is 17.5 Å². The Bertz CT molecular complexity index is 903. The number of rotatable bonds is 8.